The van der Waals surface area contributed by atoms with Crippen LogP contribution in [0, 0.1) is 5.92 Å². The van der Waals surface area contributed by atoms with Gasteiger partial charge in [0.25, 0.3) is 0 Å². The van der Waals surface area contributed by atoms with E-state index in [1.54, 1.807) is 4.90 Å². The van der Waals surface area contributed by atoms with E-state index in [-0.39, 0.29) is 37.4 Å². The molecule has 2 fully saturated rings. The summed E-state index contributed by atoms with van der Waals surface area (Å²) in [5.41, 5.74) is 1.02. The number of piperidine rings is 1. The molecule has 0 saturated carbocycles. The topological polar surface area (TPSA) is 70.7 Å². The molecule has 0 radical (unpaired) electrons. The summed E-state index contributed by atoms with van der Waals surface area (Å²) in [6.07, 6.45) is 2.27. The first-order valence-corrected chi connectivity index (χ1v) is 8.63. The predicted octanol–water partition coefficient (Wildman–Crippen LogP) is 0.952. The quantitative estimate of drug-likeness (QED) is 0.813. The van der Waals surface area contributed by atoms with Gasteiger partial charge < -0.3 is 20.3 Å². The number of carbonyl (C=O) groups is 2. The van der Waals surface area contributed by atoms with Crippen LogP contribution in [-0.4, -0.2) is 55.6 Å². The molecule has 138 valence electrons. The molecule has 0 aliphatic carbocycles. The Hall–Kier alpha value is -1.63. The van der Waals surface area contributed by atoms with Crippen molar-refractivity contribution in [2.24, 2.45) is 5.92 Å². The molecule has 2 atom stereocenters. The van der Waals surface area contributed by atoms with Gasteiger partial charge in [-0.15, -0.1) is 12.4 Å². The van der Waals surface area contributed by atoms with Crippen LogP contribution in [0.1, 0.15) is 18.4 Å². The van der Waals surface area contributed by atoms with Gasteiger partial charge in [0.2, 0.25) is 11.8 Å². The number of rotatable bonds is 5. The van der Waals surface area contributed by atoms with E-state index < -0.39 is 6.04 Å². The summed E-state index contributed by atoms with van der Waals surface area (Å²) in [6, 6.07) is 9.18. The van der Waals surface area contributed by atoms with Gasteiger partial charge >= 0.3 is 0 Å². The molecule has 2 N–H and O–H groups in total. The maximum Gasteiger partial charge on any atom is 0.249 e. The number of carbonyl (C=O) groups excluding carboxylic acids is 2. The zero-order valence-corrected chi connectivity index (χ0v) is 15.1. The van der Waals surface area contributed by atoms with Gasteiger partial charge in [0.1, 0.15) is 12.6 Å². The number of morpholine rings is 1. The summed E-state index contributed by atoms with van der Waals surface area (Å²) < 4.78 is 5.31. The maximum atomic E-state index is 12.6. The number of hydrogen-bond acceptors (Lipinski definition) is 4. The van der Waals surface area contributed by atoms with E-state index >= 15 is 0 Å². The first-order chi connectivity index (χ1) is 11.7. The Morgan fingerprint density at radius 2 is 2.12 bits per heavy atom. The summed E-state index contributed by atoms with van der Waals surface area (Å²) in [6.45, 7) is 3.38. The number of amides is 2. The predicted molar refractivity (Wildman–Crippen MR) is 97.5 cm³/mol. The number of halogens is 1. The maximum absolute atomic E-state index is 12.6. The van der Waals surface area contributed by atoms with E-state index in [0.29, 0.717) is 19.0 Å². The van der Waals surface area contributed by atoms with E-state index in [0.717, 1.165) is 31.5 Å². The van der Waals surface area contributed by atoms with Gasteiger partial charge in [-0.3, -0.25) is 9.59 Å². The Morgan fingerprint density at radius 3 is 2.84 bits per heavy atom. The minimum absolute atomic E-state index is 0. The highest BCUT2D eigenvalue weighted by molar-refractivity contribution is 5.89. The Bertz CT molecular complexity index is 564. The smallest absolute Gasteiger partial charge is 0.249 e. The molecule has 2 heterocycles. The van der Waals surface area contributed by atoms with E-state index in [1.807, 2.05) is 30.3 Å². The van der Waals surface area contributed by atoms with Crippen LogP contribution in [0.25, 0.3) is 0 Å². The molecule has 1 aromatic carbocycles. The molecule has 0 bridgehead atoms. The number of ether oxygens (including phenoxy) is 1. The van der Waals surface area contributed by atoms with Crippen LogP contribution < -0.4 is 10.6 Å². The molecule has 2 aliphatic heterocycles. The van der Waals surface area contributed by atoms with Crippen LogP contribution in [0.2, 0.25) is 0 Å². The summed E-state index contributed by atoms with van der Waals surface area (Å²) in [5, 5.41) is 6.35. The van der Waals surface area contributed by atoms with E-state index in [1.165, 1.54) is 0 Å². The second kappa shape index (κ2) is 9.75. The zero-order valence-electron chi connectivity index (χ0n) is 14.3. The highest BCUT2D eigenvalue weighted by atomic mass is 35.5. The molecule has 1 unspecified atom stereocenters. The third kappa shape index (κ3) is 5.42. The van der Waals surface area contributed by atoms with Crippen molar-refractivity contribution >= 4 is 24.2 Å². The van der Waals surface area contributed by atoms with Crippen LogP contribution >= 0.6 is 12.4 Å². The standard InChI is InChI=1S/C18H25N3O3.ClH/c22-17-13-24-12-16(21(17)11-14-5-2-1-3-6-14)18(23)20-10-15-7-4-8-19-9-15;/h1-3,5-6,15-16,19H,4,7-13H2,(H,20,23);1H/t15?,16-;/m1./s1. The van der Waals surface area contributed by atoms with Crippen LogP contribution in [0.15, 0.2) is 30.3 Å². The SMILES string of the molecule is Cl.O=C(NCC1CCCNC1)[C@H]1COCC(=O)N1Cc1ccccc1. The van der Waals surface area contributed by atoms with Gasteiger partial charge in [0, 0.05) is 13.1 Å². The third-order valence-corrected chi connectivity index (χ3v) is 4.66. The average Bonchev–Trinajstić information content (AvgIpc) is 2.63. The first-order valence-electron chi connectivity index (χ1n) is 8.63. The third-order valence-electron chi connectivity index (χ3n) is 4.66. The number of benzene rings is 1. The Kier molecular flexibility index (Phi) is 7.68. The zero-order chi connectivity index (χ0) is 16.8. The van der Waals surface area contributed by atoms with Crippen molar-refractivity contribution in [2.45, 2.75) is 25.4 Å². The number of nitrogens with zero attached hydrogens (tertiary/aromatic N) is 1. The molecular weight excluding hydrogens is 342 g/mol. The van der Waals surface area contributed by atoms with Gasteiger partial charge in [0.05, 0.1) is 6.61 Å². The highest BCUT2D eigenvalue weighted by Crippen LogP contribution is 2.14. The fourth-order valence-corrected chi connectivity index (χ4v) is 3.26. The van der Waals surface area contributed by atoms with Crippen molar-refractivity contribution in [2.75, 3.05) is 32.8 Å². The lowest BCUT2D eigenvalue weighted by Gasteiger charge is -2.35. The normalized spacial score (nSPS) is 23.7. The largest absolute Gasteiger partial charge is 0.369 e. The Labute approximate surface area is 154 Å². The molecule has 25 heavy (non-hydrogen) atoms. The van der Waals surface area contributed by atoms with Crippen molar-refractivity contribution in [3.05, 3.63) is 35.9 Å². The second-order valence-electron chi connectivity index (χ2n) is 6.50. The highest BCUT2D eigenvalue weighted by Gasteiger charge is 2.34. The molecule has 0 spiro atoms. The lowest BCUT2D eigenvalue weighted by Crippen LogP contribution is -2.56. The first kappa shape index (κ1) is 19.7. The van der Waals surface area contributed by atoms with E-state index in [4.69, 9.17) is 4.74 Å². The summed E-state index contributed by atoms with van der Waals surface area (Å²) >= 11 is 0. The van der Waals surface area contributed by atoms with Gasteiger partial charge in [0.15, 0.2) is 0 Å². The van der Waals surface area contributed by atoms with Gasteiger partial charge in [-0.2, -0.15) is 0 Å². The summed E-state index contributed by atoms with van der Waals surface area (Å²) in [4.78, 5) is 26.4. The van der Waals surface area contributed by atoms with Gasteiger partial charge in [-0.05, 0) is 37.4 Å². The lowest BCUT2D eigenvalue weighted by molar-refractivity contribution is -0.155. The van der Waals surface area contributed by atoms with Crippen molar-refractivity contribution in [1.29, 1.82) is 0 Å². The molecule has 3 rings (SSSR count). The fraction of sp³-hybridized carbons (Fsp3) is 0.556. The monoisotopic (exact) mass is 367 g/mol. The van der Waals surface area contributed by atoms with Crippen LogP contribution in [-0.2, 0) is 20.9 Å². The summed E-state index contributed by atoms with van der Waals surface area (Å²) in [7, 11) is 0. The lowest BCUT2D eigenvalue weighted by atomic mass is 9.99. The van der Waals surface area contributed by atoms with Gasteiger partial charge in [-0.25, -0.2) is 0 Å². The number of hydrogen-bond donors (Lipinski definition) is 2. The molecule has 2 aliphatic rings. The van der Waals surface area contributed by atoms with Crippen molar-refractivity contribution in [3.63, 3.8) is 0 Å². The van der Waals surface area contributed by atoms with Crippen LogP contribution in [0.5, 0.6) is 0 Å². The molecular formula is C18H26ClN3O3. The van der Waals surface area contributed by atoms with Crippen molar-refractivity contribution in [1.82, 2.24) is 15.5 Å². The number of nitrogens with one attached hydrogen (secondary N) is 2. The van der Waals surface area contributed by atoms with Crippen LogP contribution in [0.4, 0.5) is 0 Å². The molecule has 2 amide bonds. The van der Waals surface area contributed by atoms with Crippen LogP contribution in [0.3, 0.4) is 0 Å². The second-order valence-corrected chi connectivity index (χ2v) is 6.50. The Morgan fingerprint density at radius 1 is 1.32 bits per heavy atom. The molecule has 0 aromatic heterocycles. The molecule has 2 saturated heterocycles. The summed E-state index contributed by atoms with van der Waals surface area (Å²) in [5.74, 6) is 0.208. The molecule has 6 nitrogen and oxygen atoms in total. The van der Waals surface area contributed by atoms with Crippen molar-refractivity contribution < 1.29 is 14.3 Å². The van der Waals surface area contributed by atoms with E-state index in [9.17, 15) is 9.59 Å². The van der Waals surface area contributed by atoms with Crippen molar-refractivity contribution in [3.8, 4) is 0 Å². The van der Waals surface area contributed by atoms with Gasteiger partial charge in [-0.1, -0.05) is 30.3 Å². The molecule has 1 aromatic rings. The minimum Gasteiger partial charge on any atom is -0.369 e. The van der Waals surface area contributed by atoms with E-state index in [2.05, 4.69) is 10.6 Å². The Balaban J connectivity index is 0.00000225. The average molecular weight is 368 g/mol. The molecule has 7 heteroatoms. The fourth-order valence-electron chi connectivity index (χ4n) is 3.26. The minimum atomic E-state index is -0.553.